The zero-order valence-electron chi connectivity index (χ0n) is 12.9. The summed E-state index contributed by atoms with van der Waals surface area (Å²) < 4.78 is 19.6. The molecule has 0 spiro atoms. The van der Waals surface area contributed by atoms with Crippen LogP contribution in [0.5, 0.6) is 0 Å². The smallest absolute Gasteiger partial charge is 0.138 e. The van der Waals surface area contributed by atoms with Crippen molar-refractivity contribution in [3.63, 3.8) is 0 Å². The minimum Gasteiger partial charge on any atom is -0.374 e. The molecule has 0 bridgehead atoms. The van der Waals surface area contributed by atoms with Crippen molar-refractivity contribution < 1.29 is 9.13 Å². The second kappa shape index (κ2) is 7.59. The van der Waals surface area contributed by atoms with Crippen molar-refractivity contribution in [3.8, 4) is 11.8 Å². The van der Waals surface area contributed by atoms with Gasteiger partial charge < -0.3 is 10.5 Å². The summed E-state index contributed by atoms with van der Waals surface area (Å²) in [6, 6.07) is 4.97. The molecule has 0 aromatic heterocycles. The molecule has 21 heavy (non-hydrogen) atoms. The highest BCUT2D eigenvalue weighted by Crippen LogP contribution is 2.30. The van der Waals surface area contributed by atoms with Crippen LogP contribution in [0.2, 0.25) is 0 Å². The number of rotatable bonds is 3. The molecule has 0 amide bonds. The highest BCUT2D eigenvalue weighted by atomic mass is 19.1. The lowest BCUT2D eigenvalue weighted by Gasteiger charge is -2.31. The average Bonchev–Trinajstić information content (AvgIpc) is 2.44. The quantitative estimate of drug-likeness (QED) is 0.865. The zero-order valence-corrected chi connectivity index (χ0v) is 12.9. The number of hydrogen-bond acceptors (Lipinski definition) is 2. The van der Waals surface area contributed by atoms with Crippen LogP contribution in [0.1, 0.15) is 44.2 Å². The van der Waals surface area contributed by atoms with Crippen LogP contribution in [0.15, 0.2) is 18.2 Å². The van der Waals surface area contributed by atoms with Crippen molar-refractivity contribution in [2.75, 3.05) is 6.54 Å². The summed E-state index contributed by atoms with van der Waals surface area (Å²) in [5.41, 5.74) is 6.68. The maximum Gasteiger partial charge on any atom is 0.138 e. The summed E-state index contributed by atoms with van der Waals surface area (Å²) in [6.45, 7) is 5.31. The molecular weight excluding hydrogens is 265 g/mol. The van der Waals surface area contributed by atoms with Gasteiger partial charge in [0.05, 0.1) is 24.8 Å². The molecule has 3 heteroatoms. The van der Waals surface area contributed by atoms with Gasteiger partial charge in [-0.3, -0.25) is 0 Å². The highest BCUT2D eigenvalue weighted by Gasteiger charge is 2.24. The number of benzene rings is 1. The molecule has 2 rings (SSSR count). The Morgan fingerprint density at radius 3 is 2.62 bits per heavy atom. The fraction of sp³-hybridized carbons (Fsp3) is 0.556. The van der Waals surface area contributed by atoms with Gasteiger partial charge in [-0.05, 0) is 48.8 Å². The van der Waals surface area contributed by atoms with Crippen LogP contribution in [-0.4, -0.2) is 12.6 Å². The lowest BCUT2D eigenvalue weighted by Crippen LogP contribution is -2.26. The maximum absolute atomic E-state index is 13.6. The molecule has 1 fully saturated rings. The Morgan fingerprint density at radius 2 is 1.95 bits per heavy atom. The monoisotopic (exact) mass is 289 g/mol. The van der Waals surface area contributed by atoms with Crippen LogP contribution in [0.4, 0.5) is 4.39 Å². The third-order valence-corrected chi connectivity index (χ3v) is 3.98. The van der Waals surface area contributed by atoms with E-state index in [4.69, 9.17) is 10.5 Å². The van der Waals surface area contributed by atoms with Gasteiger partial charge in [0.25, 0.3) is 0 Å². The Bertz CT molecular complexity index is 522. The fourth-order valence-corrected chi connectivity index (χ4v) is 3.13. The van der Waals surface area contributed by atoms with E-state index in [0.717, 1.165) is 30.2 Å². The average molecular weight is 289 g/mol. The minimum atomic E-state index is -0.306. The molecule has 1 aromatic carbocycles. The lowest BCUT2D eigenvalue weighted by atomic mass is 9.82. The van der Waals surface area contributed by atoms with Gasteiger partial charge in [0.1, 0.15) is 5.82 Å². The Labute approximate surface area is 126 Å². The van der Waals surface area contributed by atoms with E-state index in [-0.39, 0.29) is 12.4 Å². The largest absolute Gasteiger partial charge is 0.374 e. The Kier molecular flexibility index (Phi) is 5.78. The van der Waals surface area contributed by atoms with Gasteiger partial charge in [-0.25, -0.2) is 4.39 Å². The van der Waals surface area contributed by atoms with E-state index < -0.39 is 0 Å². The molecule has 2 N–H and O–H groups in total. The van der Waals surface area contributed by atoms with Gasteiger partial charge in [-0.15, -0.1) is 0 Å². The summed E-state index contributed by atoms with van der Waals surface area (Å²) in [7, 11) is 0. The molecule has 1 saturated carbocycles. The van der Waals surface area contributed by atoms with Gasteiger partial charge in [0, 0.05) is 0 Å². The van der Waals surface area contributed by atoms with E-state index in [1.807, 2.05) is 0 Å². The summed E-state index contributed by atoms with van der Waals surface area (Å²) in [5, 5.41) is 0. The number of nitrogens with two attached hydrogens (primary N) is 1. The van der Waals surface area contributed by atoms with Crippen LogP contribution in [0.3, 0.4) is 0 Å². The molecule has 0 heterocycles. The lowest BCUT2D eigenvalue weighted by molar-refractivity contribution is -0.00917. The second-order valence-corrected chi connectivity index (χ2v) is 6.17. The summed E-state index contributed by atoms with van der Waals surface area (Å²) in [4.78, 5) is 0. The first-order valence-corrected chi connectivity index (χ1v) is 7.67. The molecule has 1 aromatic rings. The number of ether oxygens (including phenoxy) is 1. The van der Waals surface area contributed by atoms with Crippen molar-refractivity contribution in [1.82, 2.24) is 0 Å². The topological polar surface area (TPSA) is 35.2 Å². The Hall–Kier alpha value is -1.37. The van der Waals surface area contributed by atoms with Gasteiger partial charge in [-0.2, -0.15) is 0 Å². The SMILES string of the molecule is CC1CC(C)CC(OCc2ccc(F)c(C#CCN)c2)C1. The van der Waals surface area contributed by atoms with E-state index in [0.29, 0.717) is 18.3 Å². The van der Waals surface area contributed by atoms with Crippen molar-refractivity contribution in [3.05, 3.63) is 35.1 Å². The summed E-state index contributed by atoms with van der Waals surface area (Å²) in [6.07, 6.45) is 3.83. The Morgan fingerprint density at radius 1 is 1.24 bits per heavy atom. The number of halogens is 1. The van der Waals surface area contributed by atoms with Crippen molar-refractivity contribution in [1.29, 1.82) is 0 Å². The molecule has 2 nitrogen and oxygen atoms in total. The molecule has 1 aliphatic carbocycles. The zero-order chi connectivity index (χ0) is 15.2. The molecule has 114 valence electrons. The first kappa shape index (κ1) is 16.0. The molecule has 0 radical (unpaired) electrons. The minimum absolute atomic E-state index is 0.234. The van der Waals surface area contributed by atoms with Gasteiger partial charge in [0.15, 0.2) is 0 Å². The van der Waals surface area contributed by atoms with Crippen molar-refractivity contribution in [2.24, 2.45) is 17.6 Å². The van der Waals surface area contributed by atoms with E-state index >= 15 is 0 Å². The standard InChI is InChI=1S/C18H24FNO/c1-13-8-14(2)10-17(9-13)21-12-15-5-6-18(19)16(11-15)4-3-7-20/h5-6,11,13-14,17H,7-10,12,20H2,1-2H3. The second-order valence-electron chi connectivity index (χ2n) is 6.17. The molecule has 0 saturated heterocycles. The molecule has 1 aliphatic rings. The van der Waals surface area contributed by atoms with Gasteiger partial charge in [0.2, 0.25) is 0 Å². The normalized spacial score (nSPS) is 25.2. The fourth-order valence-electron chi connectivity index (χ4n) is 3.13. The first-order valence-electron chi connectivity index (χ1n) is 7.67. The third-order valence-electron chi connectivity index (χ3n) is 3.98. The van der Waals surface area contributed by atoms with E-state index in [1.165, 1.54) is 12.5 Å². The van der Waals surface area contributed by atoms with Crippen molar-refractivity contribution in [2.45, 2.75) is 45.8 Å². The van der Waals surface area contributed by atoms with Crippen LogP contribution in [-0.2, 0) is 11.3 Å². The van der Waals surface area contributed by atoms with Crippen LogP contribution in [0.25, 0.3) is 0 Å². The molecule has 0 aliphatic heterocycles. The first-order chi connectivity index (χ1) is 10.1. The van der Waals surface area contributed by atoms with E-state index in [2.05, 4.69) is 25.7 Å². The summed E-state index contributed by atoms with van der Waals surface area (Å²) >= 11 is 0. The molecule has 2 atom stereocenters. The van der Waals surface area contributed by atoms with Crippen LogP contribution >= 0.6 is 0 Å². The Balaban J connectivity index is 1.97. The van der Waals surface area contributed by atoms with E-state index in [1.54, 1.807) is 12.1 Å². The summed E-state index contributed by atoms with van der Waals surface area (Å²) in [5.74, 6) is 6.58. The van der Waals surface area contributed by atoms with Crippen LogP contribution in [0, 0.1) is 29.5 Å². The predicted molar refractivity (Wildman–Crippen MR) is 83.1 cm³/mol. The van der Waals surface area contributed by atoms with E-state index in [9.17, 15) is 4.39 Å². The predicted octanol–water partition coefficient (Wildman–Crippen LogP) is 3.48. The highest BCUT2D eigenvalue weighted by molar-refractivity contribution is 5.38. The maximum atomic E-state index is 13.6. The van der Waals surface area contributed by atoms with Crippen LogP contribution < -0.4 is 5.73 Å². The number of hydrogen-bond donors (Lipinski definition) is 1. The van der Waals surface area contributed by atoms with Gasteiger partial charge >= 0.3 is 0 Å². The third kappa shape index (κ3) is 4.84. The molecular formula is C18H24FNO. The molecule has 2 unspecified atom stereocenters. The van der Waals surface area contributed by atoms with Crippen molar-refractivity contribution >= 4 is 0 Å². The van der Waals surface area contributed by atoms with Gasteiger partial charge in [-0.1, -0.05) is 31.8 Å².